The predicted molar refractivity (Wildman–Crippen MR) is 122 cm³/mol. The van der Waals surface area contributed by atoms with Crippen molar-refractivity contribution in [3.05, 3.63) is 108 Å². The number of nitrogens with one attached hydrogen (secondary N) is 1. The van der Waals surface area contributed by atoms with Gasteiger partial charge in [-0.05, 0) is 48.5 Å². The Bertz CT molecular complexity index is 1360. The highest BCUT2D eigenvalue weighted by atomic mass is 35.5. The fourth-order valence-electron chi connectivity index (χ4n) is 3.26. The quantitative estimate of drug-likeness (QED) is 0.400. The van der Waals surface area contributed by atoms with Gasteiger partial charge in [-0.15, -0.1) is 0 Å². The lowest BCUT2D eigenvalue weighted by molar-refractivity contribution is 0.102. The molecule has 1 N–H and O–H groups in total. The number of fused-ring (bicyclic) bond motifs is 1. The molecule has 158 valence electrons. The predicted octanol–water partition coefficient (Wildman–Crippen LogP) is 5.00. The number of ether oxygens (including phenoxy) is 1. The van der Waals surface area contributed by atoms with E-state index in [-0.39, 0.29) is 5.91 Å². The molecular formula is C24H18ClN5O2. The van der Waals surface area contributed by atoms with Crippen molar-refractivity contribution in [3.8, 4) is 11.4 Å². The highest BCUT2D eigenvalue weighted by Gasteiger charge is 2.11. The van der Waals surface area contributed by atoms with E-state index in [4.69, 9.17) is 16.3 Å². The van der Waals surface area contributed by atoms with Crippen molar-refractivity contribution >= 4 is 28.8 Å². The molecule has 0 saturated heterocycles. The van der Waals surface area contributed by atoms with Crippen LogP contribution in [0.25, 0.3) is 11.3 Å². The normalized spacial score (nSPS) is 10.9. The standard InChI is InChI=1S/C24H18ClN5O2/c25-18-7-9-21(10-8-18)30-14-17(13-26-30)24(31)28-19-4-3-5-22(12-19)32-16-20-15-29-11-2-1-6-23(29)27-20/h1-15H,16H2,(H,28,31). The van der Waals surface area contributed by atoms with Crippen LogP contribution in [0.5, 0.6) is 5.75 Å². The Kier molecular flexibility index (Phi) is 5.31. The summed E-state index contributed by atoms with van der Waals surface area (Å²) in [5, 5.41) is 7.78. The molecule has 3 aromatic heterocycles. The molecule has 0 atom stereocenters. The molecule has 1 amide bonds. The Hall–Kier alpha value is -4.10. The average Bonchev–Trinajstić information content (AvgIpc) is 3.46. The van der Waals surface area contributed by atoms with Crippen molar-refractivity contribution in [3.63, 3.8) is 0 Å². The summed E-state index contributed by atoms with van der Waals surface area (Å²) in [5.41, 5.74) is 3.57. The van der Waals surface area contributed by atoms with Gasteiger partial charge in [-0.1, -0.05) is 23.7 Å². The maximum atomic E-state index is 12.7. The number of imidazole rings is 1. The van der Waals surface area contributed by atoms with Crippen molar-refractivity contribution in [1.82, 2.24) is 19.2 Å². The second-order valence-corrected chi connectivity index (χ2v) is 7.56. The Labute approximate surface area is 188 Å². The van der Waals surface area contributed by atoms with Crippen LogP contribution in [0.15, 0.2) is 91.5 Å². The zero-order valence-electron chi connectivity index (χ0n) is 16.9. The zero-order valence-corrected chi connectivity index (χ0v) is 17.6. The van der Waals surface area contributed by atoms with Gasteiger partial charge in [-0.2, -0.15) is 5.10 Å². The number of aromatic nitrogens is 4. The van der Waals surface area contributed by atoms with Gasteiger partial charge in [0.15, 0.2) is 0 Å². The first-order valence-corrected chi connectivity index (χ1v) is 10.3. The van der Waals surface area contributed by atoms with E-state index in [1.807, 2.05) is 59.3 Å². The summed E-state index contributed by atoms with van der Waals surface area (Å²) in [6.07, 6.45) is 7.06. The van der Waals surface area contributed by atoms with E-state index in [2.05, 4.69) is 15.4 Å². The lowest BCUT2D eigenvalue weighted by atomic mass is 10.2. The summed E-state index contributed by atoms with van der Waals surface area (Å²) < 4.78 is 9.44. The number of nitrogens with zero attached hydrogens (tertiary/aromatic N) is 4. The molecule has 32 heavy (non-hydrogen) atoms. The summed E-state index contributed by atoms with van der Waals surface area (Å²) in [7, 11) is 0. The molecule has 7 nitrogen and oxygen atoms in total. The highest BCUT2D eigenvalue weighted by molar-refractivity contribution is 6.30. The second-order valence-electron chi connectivity index (χ2n) is 7.12. The van der Waals surface area contributed by atoms with Crippen LogP contribution in [-0.2, 0) is 6.61 Å². The van der Waals surface area contributed by atoms with Crippen molar-refractivity contribution in [2.75, 3.05) is 5.32 Å². The van der Waals surface area contributed by atoms with Crippen LogP contribution in [0.1, 0.15) is 16.1 Å². The number of amides is 1. The van der Waals surface area contributed by atoms with E-state index < -0.39 is 0 Å². The van der Waals surface area contributed by atoms with E-state index >= 15 is 0 Å². The Morgan fingerprint density at radius 2 is 1.91 bits per heavy atom. The second kappa shape index (κ2) is 8.56. The van der Waals surface area contributed by atoms with Crippen molar-refractivity contribution in [2.24, 2.45) is 0 Å². The summed E-state index contributed by atoms with van der Waals surface area (Å²) in [4.78, 5) is 17.2. The number of anilines is 1. The van der Waals surface area contributed by atoms with Gasteiger partial charge in [-0.3, -0.25) is 4.79 Å². The van der Waals surface area contributed by atoms with E-state index in [1.165, 1.54) is 6.20 Å². The Morgan fingerprint density at radius 3 is 2.75 bits per heavy atom. The monoisotopic (exact) mass is 443 g/mol. The van der Waals surface area contributed by atoms with Crippen LogP contribution in [0.2, 0.25) is 5.02 Å². The van der Waals surface area contributed by atoms with Gasteiger partial charge in [0.25, 0.3) is 5.91 Å². The number of hydrogen-bond acceptors (Lipinski definition) is 4. The third kappa shape index (κ3) is 4.33. The minimum Gasteiger partial charge on any atom is -0.487 e. The SMILES string of the molecule is O=C(Nc1cccc(OCc2cn3ccccc3n2)c1)c1cnn(-c2ccc(Cl)cc2)c1. The van der Waals surface area contributed by atoms with Crippen molar-refractivity contribution in [2.45, 2.75) is 6.61 Å². The minimum absolute atomic E-state index is 0.261. The van der Waals surface area contributed by atoms with Crippen LogP contribution in [0.3, 0.4) is 0 Å². The molecule has 3 heterocycles. The first kappa shape index (κ1) is 19.8. The molecular weight excluding hydrogens is 426 g/mol. The van der Waals surface area contributed by atoms with Crippen LogP contribution in [0, 0.1) is 0 Å². The maximum absolute atomic E-state index is 12.7. The minimum atomic E-state index is -0.261. The van der Waals surface area contributed by atoms with Crippen molar-refractivity contribution < 1.29 is 9.53 Å². The number of rotatable bonds is 6. The molecule has 5 aromatic rings. The van der Waals surface area contributed by atoms with Gasteiger partial charge in [0.2, 0.25) is 0 Å². The average molecular weight is 444 g/mol. The first-order chi connectivity index (χ1) is 15.6. The van der Waals surface area contributed by atoms with E-state index in [0.717, 1.165) is 17.0 Å². The topological polar surface area (TPSA) is 73.4 Å². The number of halogens is 1. The lowest BCUT2D eigenvalue weighted by Crippen LogP contribution is -2.11. The number of benzene rings is 2. The molecule has 0 aliphatic carbocycles. The molecule has 0 unspecified atom stereocenters. The first-order valence-electron chi connectivity index (χ1n) is 9.91. The van der Waals surface area contributed by atoms with Gasteiger partial charge in [-0.25, -0.2) is 9.67 Å². The smallest absolute Gasteiger partial charge is 0.258 e. The van der Waals surface area contributed by atoms with E-state index in [0.29, 0.717) is 28.6 Å². The van der Waals surface area contributed by atoms with E-state index in [9.17, 15) is 4.79 Å². The zero-order chi connectivity index (χ0) is 21.9. The molecule has 8 heteroatoms. The van der Waals surface area contributed by atoms with Crippen LogP contribution >= 0.6 is 11.6 Å². The van der Waals surface area contributed by atoms with Gasteiger partial charge < -0.3 is 14.5 Å². The van der Waals surface area contributed by atoms with Gasteiger partial charge in [0, 0.05) is 35.4 Å². The highest BCUT2D eigenvalue weighted by Crippen LogP contribution is 2.20. The fraction of sp³-hybridized carbons (Fsp3) is 0.0417. The molecule has 0 bridgehead atoms. The van der Waals surface area contributed by atoms with Crippen LogP contribution < -0.4 is 10.1 Å². The summed E-state index contributed by atoms with van der Waals surface area (Å²) in [5.74, 6) is 0.374. The van der Waals surface area contributed by atoms with Gasteiger partial charge in [0.05, 0.1) is 23.1 Å². The number of hydrogen-bond donors (Lipinski definition) is 1. The third-order valence-corrected chi connectivity index (χ3v) is 5.08. The number of pyridine rings is 1. The molecule has 0 aliphatic heterocycles. The lowest BCUT2D eigenvalue weighted by Gasteiger charge is -2.08. The summed E-state index contributed by atoms with van der Waals surface area (Å²) in [6, 6.07) is 20.3. The van der Waals surface area contributed by atoms with Crippen LogP contribution in [-0.4, -0.2) is 25.1 Å². The van der Waals surface area contributed by atoms with Gasteiger partial charge >= 0.3 is 0 Å². The molecule has 0 fully saturated rings. The van der Waals surface area contributed by atoms with Crippen LogP contribution in [0.4, 0.5) is 5.69 Å². The molecule has 5 rings (SSSR count). The third-order valence-electron chi connectivity index (χ3n) is 4.83. The van der Waals surface area contributed by atoms with Gasteiger partial charge in [0.1, 0.15) is 18.0 Å². The Balaban J connectivity index is 1.24. The number of carbonyl (C=O) groups excluding carboxylic acids is 1. The summed E-state index contributed by atoms with van der Waals surface area (Å²) >= 11 is 5.92. The van der Waals surface area contributed by atoms with Crippen molar-refractivity contribution in [1.29, 1.82) is 0 Å². The fourth-order valence-corrected chi connectivity index (χ4v) is 3.38. The molecule has 0 radical (unpaired) electrons. The molecule has 0 aliphatic rings. The van der Waals surface area contributed by atoms with E-state index in [1.54, 1.807) is 35.1 Å². The molecule has 0 spiro atoms. The maximum Gasteiger partial charge on any atom is 0.258 e. The largest absolute Gasteiger partial charge is 0.487 e. The summed E-state index contributed by atoms with van der Waals surface area (Å²) in [6.45, 7) is 0.326. The Morgan fingerprint density at radius 1 is 1.03 bits per heavy atom. The molecule has 2 aromatic carbocycles. The number of carbonyl (C=O) groups is 1. The molecule has 0 saturated carbocycles.